The molecule has 1 aromatic carbocycles. The molecule has 1 unspecified atom stereocenters. The van der Waals surface area contributed by atoms with Gasteiger partial charge in [-0.2, -0.15) is 0 Å². The van der Waals surface area contributed by atoms with Crippen LogP contribution in [0, 0.1) is 5.92 Å². The third-order valence-corrected chi connectivity index (χ3v) is 3.18. The minimum absolute atomic E-state index is 0.281. The fraction of sp³-hybridized carbons (Fsp3) is 0.600. The van der Waals surface area contributed by atoms with Gasteiger partial charge >= 0.3 is 0 Å². The van der Waals surface area contributed by atoms with E-state index in [1.807, 2.05) is 0 Å². The van der Waals surface area contributed by atoms with Gasteiger partial charge in [-0.1, -0.05) is 37.6 Å². The molecule has 3 nitrogen and oxygen atoms in total. The summed E-state index contributed by atoms with van der Waals surface area (Å²) in [7, 11) is 1.71. The van der Waals surface area contributed by atoms with E-state index in [1.165, 1.54) is 11.1 Å². The Balaban J connectivity index is 2.36. The van der Waals surface area contributed by atoms with E-state index in [4.69, 9.17) is 9.84 Å². The Morgan fingerprint density at radius 2 is 2.11 bits per heavy atom. The Morgan fingerprint density at radius 1 is 1.33 bits per heavy atom. The molecule has 0 heterocycles. The van der Waals surface area contributed by atoms with Gasteiger partial charge in [0.15, 0.2) is 0 Å². The smallest absolute Gasteiger partial charge is 0.0713 e. The van der Waals surface area contributed by atoms with Crippen molar-refractivity contribution in [3.63, 3.8) is 0 Å². The molecule has 0 aliphatic carbocycles. The van der Waals surface area contributed by atoms with Crippen LogP contribution in [0.15, 0.2) is 24.3 Å². The summed E-state index contributed by atoms with van der Waals surface area (Å²) < 4.78 is 5.13. The summed E-state index contributed by atoms with van der Waals surface area (Å²) in [6.45, 7) is 4.95. The molecule has 0 aromatic heterocycles. The van der Waals surface area contributed by atoms with E-state index >= 15 is 0 Å². The number of aliphatic hydroxyl groups excluding tert-OH is 1. The van der Waals surface area contributed by atoms with Gasteiger partial charge in [0.2, 0.25) is 0 Å². The molecule has 0 aliphatic heterocycles. The second kappa shape index (κ2) is 9.09. The van der Waals surface area contributed by atoms with E-state index in [0.29, 0.717) is 12.5 Å². The average molecular weight is 251 g/mol. The predicted octanol–water partition coefficient (Wildman–Crippen LogP) is 2.33. The second-order valence-electron chi connectivity index (χ2n) is 4.67. The molecule has 3 heteroatoms. The van der Waals surface area contributed by atoms with Crippen molar-refractivity contribution < 1.29 is 9.84 Å². The molecule has 102 valence electrons. The second-order valence-corrected chi connectivity index (χ2v) is 4.67. The molecular formula is C15H25NO2. The van der Waals surface area contributed by atoms with Gasteiger partial charge in [0.25, 0.3) is 0 Å². The van der Waals surface area contributed by atoms with Gasteiger partial charge in [0.1, 0.15) is 0 Å². The number of nitrogens with one attached hydrogen (secondary N) is 1. The van der Waals surface area contributed by atoms with Gasteiger partial charge in [-0.15, -0.1) is 0 Å². The molecule has 0 saturated heterocycles. The Bertz CT molecular complexity index is 328. The Hall–Kier alpha value is -0.900. The van der Waals surface area contributed by atoms with Crippen LogP contribution in [0.2, 0.25) is 0 Å². The zero-order chi connectivity index (χ0) is 13.2. The summed E-state index contributed by atoms with van der Waals surface area (Å²) in [6, 6.07) is 8.44. The molecule has 0 saturated carbocycles. The van der Waals surface area contributed by atoms with E-state index < -0.39 is 0 Å². The first kappa shape index (κ1) is 15.2. The monoisotopic (exact) mass is 251 g/mol. The van der Waals surface area contributed by atoms with Crippen LogP contribution in [0.25, 0.3) is 0 Å². The predicted molar refractivity (Wildman–Crippen MR) is 74.3 cm³/mol. The van der Waals surface area contributed by atoms with E-state index in [0.717, 1.165) is 25.9 Å². The number of rotatable bonds is 9. The molecule has 0 bridgehead atoms. The Kier molecular flexibility index (Phi) is 7.65. The number of hydrogen-bond acceptors (Lipinski definition) is 3. The zero-order valence-electron chi connectivity index (χ0n) is 11.5. The van der Waals surface area contributed by atoms with Crippen LogP contribution in [-0.4, -0.2) is 25.4 Å². The third kappa shape index (κ3) is 5.63. The standard InChI is InChI=1S/C15H25NO2/c1-3-13(7-8-17)10-16-11-14-5-4-6-15(9-14)12-18-2/h4-6,9,13,16-17H,3,7-8,10-12H2,1-2H3. The maximum Gasteiger partial charge on any atom is 0.0713 e. The molecule has 0 amide bonds. The summed E-state index contributed by atoms with van der Waals surface area (Å²) >= 11 is 0. The van der Waals surface area contributed by atoms with Crippen molar-refractivity contribution in [2.45, 2.75) is 32.9 Å². The van der Waals surface area contributed by atoms with Gasteiger partial charge in [-0.3, -0.25) is 0 Å². The SMILES string of the molecule is CCC(CCO)CNCc1cccc(COC)c1. The Labute approximate surface area is 110 Å². The van der Waals surface area contributed by atoms with Crippen molar-refractivity contribution in [1.82, 2.24) is 5.32 Å². The highest BCUT2D eigenvalue weighted by Gasteiger charge is 2.04. The molecule has 0 spiro atoms. The number of hydrogen-bond donors (Lipinski definition) is 2. The normalized spacial score (nSPS) is 12.6. The van der Waals surface area contributed by atoms with Crippen LogP contribution in [0.5, 0.6) is 0 Å². The lowest BCUT2D eigenvalue weighted by molar-refractivity contribution is 0.185. The highest BCUT2D eigenvalue weighted by Crippen LogP contribution is 2.08. The first-order valence-corrected chi connectivity index (χ1v) is 6.68. The molecular weight excluding hydrogens is 226 g/mol. The molecule has 18 heavy (non-hydrogen) atoms. The van der Waals surface area contributed by atoms with Gasteiger partial charge in [-0.05, 0) is 30.0 Å². The van der Waals surface area contributed by atoms with Crippen LogP contribution in [-0.2, 0) is 17.9 Å². The topological polar surface area (TPSA) is 41.5 Å². The molecule has 0 aliphatic rings. The van der Waals surface area contributed by atoms with Gasteiger partial charge in [0, 0.05) is 20.3 Å². The lowest BCUT2D eigenvalue weighted by atomic mass is 10.0. The van der Waals surface area contributed by atoms with Crippen LogP contribution in [0.1, 0.15) is 30.9 Å². The summed E-state index contributed by atoms with van der Waals surface area (Å²) in [5, 5.41) is 12.4. The molecule has 1 rings (SSSR count). The summed E-state index contributed by atoms with van der Waals surface area (Å²) in [5.74, 6) is 0.567. The lowest BCUT2D eigenvalue weighted by Gasteiger charge is -2.14. The number of benzene rings is 1. The Morgan fingerprint density at radius 3 is 2.78 bits per heavy atom. The van der Waals surface area contributed by atoms with Crippen molar-refractivity contribution >= 4 is 0 Å². The minimum Gasteiger partial charge on any atom is -0.396 e. The minimum atomic E-state index is 0.281. The first-order valence-electron chi connectivity index (χ1n) is 6.68. The fourth-order valence-corrected chi connectivity index (χ4v) is 2.05. The van der Waals surface area contributed by atoms with E-state index in [-0.39, 0.29) is 6.61 Å². The largest absolute Gasteiger partial charge is 0.396 e. The summed E-state index contributed by atoms with van der Waals surface area (Å²) in [4.78, 5) is 0. The number of methoxy groups -OCH3 is 1. The van der Waals surface area contributed by atoms with Crippen molar-refractivity contribution in [3.8, 4) is 0 Å². The van der Waals surface area contributed by atoms with Crippen LogP contribution >= 0.6 is 0 Å². The molecule has 0 radical (unpaired) electrons. The molecule has 1 aromatic rings. The lowest BCUT2D eigenvalue weighted by Crippen LogP contribution is -2.22. The highest BCUT2D eigenvalue weighted by molar-refractivity contribution is 5.22. The highest BCUT2D eigenvalue weighted by atomic mass is 16.5. The summed E-state index contributed by atoms with van der Waals surface area (Å²) in [6.07, 6.45) is 1.99. The molecule has 2 N–H and O–H groups in total. The van der Waals surface area contributed by atoms with E-state index in [9.17, 15) is 0 Å². The third-order valence-electron chi connectivity index (χ3n) is 3.18. The van der Waals surface area contributed by atoms with Crippen LogP contribution in [0.3, 0.4) is 0 Å². The average Bonchev–Trinajstić information content (AvgIpc) is 2.38. The fourth-order valence-electron chi connectivity index (χ4n) is 2.05. The maximum absolute atomic E-state index is 8.94. The summed E-state index contributed by atoms with van der Waals surface area (Å²) in [5.41, 5.74) is 2.49. The number of ether oxygens (including phenoxy) is 1. The van der Waals surface area contributed by atoms with Crippen molar-refractivity contribution in [1.29, 1.82) is 0 Å². The van der Waals surface area contributed by atoms with Crippen LogP contribution < -0.4 is 5.32 Å². The maximum atomic E-state index is 8.94. The van der Waals surface area contributed by atoms with E-state index in [2.05, 4.69) is 36.5 Å². The van der Waals surface area contributed by atoms with Gasteiger partial charge in [0.05, 0.1) is 6.61 Å². The van der Waals surface area contributed by atoms with Gasteiger partial charge in [-0.25, -0.2) is 0 Å². The van der Waals surface area contributed by atoms with Crippen molar-refractivity contribution in [3.05, 3.63) is 35.4 Å². The van der Waals surface area contributed by atoms with Crippen molar-refractivity contribution in [2.24, 2.45) is 5.92 Å². The number of aliphatic hydroxyl groups is 1. The molecule has 0 fully saturated rings. The van der Waals surface area contributed by atoms with Gasteiger partial charge < -0.3 is 15.2 Å². The first-order chi connectivity index (χ1) is 8.80. The zero-order valence-corrected chi connectivity index (χ0v) is 11.5. The van der Waals surface area contributed by atoms with Crippen molar-refractivity contribution in [2.75, 3.05) is 20.3 Å². The quantitative estimate of drug-likeness (QED) is 0.708. The van der Waals surface area contributed by atoms with Crippen LogP contribution in [0.4, 0.5) is 0 Å². The van der Waals surface area contributed by atoms with E-state index in [1.54, 1.807) is 7.11 Å². The molecule has 1 atom stereocenters.